The van der Waals surface area contributed by atoms with Crippen molar-refractivity contribution in [3.63, 3.8) is 0 Å². The minimum absolute atomic E-state index is 0.0333. The average molecular weight is 304 g/mol. The van der Waals surface area contributed by atoms with Crippen molar-refractivity contribution in [2.24, 2.45) is 5.92 Å². The van der Waals surface area contributed by atoms with Crippen molar-refractivity contribution < 1.29 is 13.2 Å². The molecule has 3 atom stereocenters. The quantitative estimate of drug-likeness (QED) is 0.829. The lowest BCUT2D eigenvalue weighted by atomic mass is 10.1. The van der Waals surface area contributed by atoms with Gasteiger partial charge in [0.25, 0.3) is 0 Å². The first-order valence-electron chi connectivity index (χ1n) is 7.73. The van der Waals surface area contributed by atoms with E-state index in [2.05, 4.69) is 30.4 Å². The normalized spacial score (nSPS) is 32.9. The molecule has 0 spiro atoms. The minimum atomic E-state index is -3.25. The third-order valence-electron chi connectivity index (χ3n) is 4.38. The number of nitrogens with one attached hydrogen (secondary N) is 1. The molecule has 0 unspecified atom stereocenters. The number of hydrogen-bond acceptors (Lipinski definition) is 4. The maximum Gasteiger partial charge on any atom is 0.214 e. The predicted octanol–water partition coefficient (Wildman–Crippen LogP) is 1.20. The summed E-state index contributed by atoms with van der Waals surface area (Å²) in [6.45, 7) is 8.89. The second-order valence-electron chi connectivity index (χ2n) is 6.52. The Hall–Kier alpha value is -0.170. The van der Waals surface area contributed by atoms with Crippen LogP contribution in [0.25, 0.3) is 0 Å². The zero-order valence-electron chi connectivity index (χ0n) is 12.8. The highest BCUT2D eigenvalue weighted by molar-refractivity contribution is 7.89. The first-order valence-corrected chi connectivity index (χ1v) is 9.38. The summed E-state index contributed by atoms with van der Waals surface area (Å²) in [5.74, 6) is 0.470. The van der Waals surface area contributed by atoms with Crippen LogP contribution in [0.1, 0.15) is 40.0 Å². The van der Waals surface area contributed by atoms with Crippen molar-refractivity contribution in [1.82, 2.24) is 9.62 Å². The molecule has 2 fully saturated rings. The third kappa shape index (κ3) is 4.41. The maximum atomic E-state index is 12.3. The Kier molecular flexibility index (Phi) is 5.45. The van der Waals surface area contributed by atoms with Crippen LogP contribution in [0, 0.1) is 5.92 Å². The lowest BCUT2D eigenvalue weighted by molar-refractivity contribution is 0.0303. The molecule has 2 rings (SSSR count). The molecule has 0 bridgehead atoms. The summed E-state index contributed by atoms with van der Waals surface area (Å²) < 4.78 is 33.0. The molecule has 2 saturated heterocycles. The molecule has 0 aromatic rings. The van der Waals surface area contributed by atoms with E-state index in [4.69, 9.17) is 4.74 Å². The molecule has 0 saturated carbocycles. The summed E-state index contributed by atoms with van der Waals surface area (Å²) in [5, 5.41) is 0. The second-order valence-corrected chi connectivity index (χ2v) is 8.32. The van der Waals surface area contributed by atoms with Gasteiger partial charge in [0, 0.05) is 31.8 Å². The van der Waals surface area contributed by atoms with E-state index in [-0.39, 0.29) is 17.9 Å². The third-order valence-corrected chi connectivity index (χ3v) is 5.85. The Morgan fingerprint density at radius 3 is 2.60 bits per heavy atom. The van der Waals surface area contributed by atoms with Crippen LogP contribution in [0.3, 0.4) is 0 Å². The molecule has 0 aromatic heterocycles. The van der Waals surface area contributed by atoms with E-state index in [9.17, 15) is 8.42 Å². The average Bonchev–Trinajstić information content (AvgIpc) is 2.71. The standard InChI is InChI=1S/C14H28N2O3S/c1-11(2)16-8-12(3)14(9-16)15-20(17,18)10-13-6-4-5-7-19-13/h11-15H,4-10H2,1-3H3/t12-,13+,14-/m1/s1. The van der Waals surface area contributed by atoms with Gasteiger partial charge in [-0.05, 0) is 39.0 Å². The van der Waals surface area contributed by atoms with Crippen LogP contribution in [-0.2, 0) is 14.8 Å². The highest BCUT2D eigenvalue weighted by atomic mass is 32.2. The van der Waals surface area contributed by atoms with Gasteiger partial charge in [-0.25, -0.2) is 13.1 Å². The monoisotopic (exact) mass is 304 g/mol. The summed E-state index contributed by atoms with van der Waals surface area (Å²) in [6.07, 6.45) is 2.85. The van der Waals surface area contributed by atoms with Gasteiger partial charge < -0.3 is 4.74 Å². The highest BCUT2D eigenvalue weighted by Gasteiger charge is 2.34. The lowest BCUT2D eigenvalue weighted by Crippen LogP contribution is -2.44. The Morgan fingerprint density at radius 1 is 1.30 bits per heavy atom. The molecule has 2 aliphatic heterocycles. The van der Waals surface area contributed by atoms with Crippen LogP contribution >= 0.6 is 0 Å². The van der Waals surface area contributed by atoms with Crippen LogP contribution < -0.4 is 4.72 Å². The van der Waals surface area contributed by atoms with Crippen molar-refractivity contribution in [3.05, 3.63) is 0 Å². The number of nitrogens with zero attached hydrogens (tertiary/aromatic N) is 1. The fraction of sp³-hybridized carbons (Fsp3) is 1.00. The van der Waals surface area contributed by atoms with Crippen LogP contribution in [-0.4, -0.2) is 57.0 Å². The molecule has 0 aliphatic carbocycles. The summed E-state index contributed by atoms with van der Waals surface area (Å²) in [7, 11) is -3.25. The molecule has 1 N–H and O–H groups in total. The summed E-state index contributed by atoms with van der Waals surface area (Å²) in [4.78, 5) is 2.33. The van der Waals surface area contributed by atoms with E-state index >= 15 is 0 Å². The Balaban J connectivity index is 1.87. The van der Waals surface area contributed by atoms with Crippen molar-refractivity contribution in [1.29, 1.82) is 0 Å². The van der Waals surface area contributed by atoms with Gasteiger partial charge in [-0.3, -0.25) is 4.90 Å². The van der Waals surface area contributed by atoms with Crippen molar-refractivity contribution >= 4 is 10.0 Å². The smallest absolute Gasteiger partial charge is 0.214 e. The van der Waals surface area contributed by atoms with E-state index in [1.54, 1.807) is 0 Å². The van der Waals surface area contributed by atoms with Crippen molar-refractivity contribution in [2.75, 3.05) is 25.4 Å². The fourth-order valence-corrected chi connectivity index (χ4v) is 4.66. The second kappa shape index (κ2) is 6.73. The summed E-state index contributed by atoms with van der Waals surface area (Å²) in [6, 6.07) is 0.500. The van der Waals surface area contributed by atoms with Crippen LogP contribution in [0.15, 0.2) is 0 Å². The maximum absolute atomic E-state index is 12.3. The van der Waals surface area contributed by atoms with Crippen LogP contribution in [0.4, 0.5) is 0 Å². The number of sulfonamides is 1. The molecule has 20 heavy (non-hydrogen) atoms. The molecule has 0 radical (unpaired) electrons. The fourth-order valence-electron chi connectivity index (χ4n) is 3.04. The molecule has 0 aromatic carbocycles. The van der Waals surface area contributed by atoms with Gasteiger partial charge in [-0.1, -0.05) is 6.92 Å². The van der Waals surface area contributed by atoms with E-state index in [0.717, 1.165) is 32.4 Å². The molecule has 118 valence electrons. The molecule has 5 nitrogen and oxygen atoms in total. The van der Waals surface area contributed by atoms with Crippen LogP contribution in [0.2, 0.25) is 0 Å². The Morgan fingerprint density at radius 2 is 2.05 bits per heavy atom. The molecule has 2 aliphatic rings. The van der Waals surface area contributed by atoms with Gasteiger partial charge in [0.2, 0.25) is 10.0 Å². The van der Waals surface area contributed by atoms with Gasteiger partial charge in [0.05, 0.1) is 11.9 Å². The van der Waals surface area contributed by atoms with Crippen LogP contribution in [0.5, 0.6) is 0 Å². The Bertz CT molecular complexity index is 405. The van der Waals surface area contributed by atoms with Gasteiger partial charge in [0.1, 0.15) is 0 Å². The highest BCUT2D eigenvalue weighted by Crippen LogP contribution is 2.20. The summed E-state index contributed by atoms with van der Waals surface area (Å²) >= 11 is 0. The SMILES string of the molecule is CC(C)N1C[C@@H](C)[C@H](NS(=O)(=O)C[C@@H]2CCCCO2)C1. The first kappa shape index (κ1) is 16.2. The number of likely N-dealkylation sites (tertiary alicyclic amines) is 1. The van der Waals surface area contributed by atoms with E-state index in [1.165, 1.54) is 0 Å². The molecular formula is C14H28N2O3S. The van der Waals surface area contributed by atoms with Crippen molar-refractivity contribution in [3.8, 4) is 0 Å². The van der Waals surface area contributed by atoms with Gasteiger partial charge in [-0.2, -0.15) is 0 Å². The van der Waals surface area contributed by atoms with Gasteiger partial charge >= 0.3 is 0 Å². The largest absolute Gasteiger partial charge is 0.377 e. The molecular weight excluding hydrogens is 276 g/mol. The van der Waals surface area contributed by atoms with E-state index in [1.807, 2.05) is 0 Å². The Labute approximate surface area is 123 Å². The topological polar surface area (TPSA) is 58.6 Å². The number of ether oxygens (including phenoxy) is 1. The van der Waals surface area contributed by atoms with Gasteiger partial charge in [-0.15, -0.1) is 0 Å². The minimum Gasteiger partial charge on any atom is -0.377 e. The van der Waals surface area contributed by atoms with E-state index < -0.39 is 10.0 Å². The zero-order valence-corrected chi connectivity index (χ0v) is 13.7. The van der Waals surface area contributed by atoms with Crippen molar-refractivity contribution in [2.45, 2.75) is 58.2 Å². The predicted molar refractivity (Wildman–Crippen MR) is 80.2 cm³/mol. The zero-order chi connectivity index (χ0) is 14.8. The summed E-state index contributed by atoms with van der Waals surface area (Å²) in [5.41, 5.74) is 0. The first-order chi connectivity index (χ1) is 9.37. The molecule has 6 heteroatoms. The molecule has 0 amide bonds. The van der Waals surface area contributed by atoms with Gasteiger partial charge in [0.15, 0.2) is 0 Å². The number of hydrogen-bond donors (Lipinski definition) is 1. The van der Waals surface area contributed by atoms with E-state index in [0.29, 0.717) is 18.6 Å². The number of rotatable bonds is 5. The molecule has 2 heterocycles. The lowest BCUT2D eigenvalue weighted by Gasteiger charge is -2.24.